The third-order valence-electron chi connectivity index (χ3n) is 6.08. The highest BCUT2D eigenvalue weighted by molar-refractivity contribution is 5.43. The number of methoxy groups -OCH3 is 1. The molecule has 1 atom stereocenters. The standard InChI is InChI=1S/C25H40N4O3/c1-20-22(17-28(3)26-20)16-27(2)15-21-10-11-24(31-4)25(14-21)32-19-23(30)18-29-12-8-6-5-7-9-13-29/h10-11,14,17,23,30H,5-9,12-13,15-16,18-19H2,1-4H3/t23-/m1/s1. The van der Waals surface area contributed by atoms with Crippen molar-refractivity contribution in [2.24, 2.45) is 7.05 Å². The number of hydrogen-bond donors (Lipinski definition) is 1. The van der Waals surface area contributed by atoms with Gasteiger partial charge in [-0.05, 0) is 57.6 Å². The van der Waals surface area contributed by atoms with Crippen molar-refractivity contribution < 1.29 is 14.6 Å². The molecule has 178 valence electrons. The van der Waals surface area contributed by atoms with Crippen LogP contribution in [-0.4, -0.2) is 71.2 Å². The lowest BCUT2D eigenvalue weighted by Gasteiger charge is -2.27. The summed E-state index contributed by atoms with van der Waals surface area (Å²) in [6, 6.07) is 6.03. The lowest BCUT2D eigenvalue weighted by molar-refractivity contribution is 0.0644. The Labute approximate surface area is 192 Å². The largest absolute Gasteiger partial charge is 0.493 e. The molecule has 0 radical (unpaired) electrons. The van der Waals surface area contributed by atoms with Crippen molar-refractivity contribution in [3.8, 4) is 11.5 Å². The molecule has 7 heteroatoms. The van der Waals surface area contributed by atoms with Gasteiger partial charge in [0, 0.05) is 38.4 Å². The van der Waals surface area contributed by atoms with Gasteiger partial charge in [-0.3, -0.25) is 9.58 Å². The SMILES string of the molecule is COc1ccc(CN(C)Cc2cn(C)nc2C)cc1OC[C@H](O)CN1CCCCCCC1. The molecular weight excluding hydrogens is 404 g/mol. The monoisotopic (exact) mass is 444 g/mol. The number of aromatic nitrogens is 2. The summed E-state index contributed by atoms with van der Waals surface area (Å²) >= 11 is 0. The van der Waals surface area contributed by atoms with E-state index in [1.807, 2.05) is 30.8 Å². The maximum atomic E-state index is 10.6. The van der Waals surface area contributed by atoms with Gasteiger partial charge in [0.2, 0.25) is 0 Å². The van der Waals surface area contributed by atoms with E-state index in [0.717, 1.165) is 37.4 Å². The summed E-state index contributed by atoms with van der Waals surface area (Å²) in [5.41, 5.74) is 3.43. The van der Waals surface area contributed by atoms with E-state index in [2.05, 4.69) is 34.2 Å². The van der Waals surface area contributed by atoms with Gasteiger partial charge in [-0.2, -0.15) is 5.10 Å². The van der Waals surface area contributed by atoms with Crippen LogP contribution in [0.3, 0.4) is 0 Å². The average Bonchev–Trinajstić information content (AvgIpc) is 3.05. The van der Waals surface area contributed by atoms with Crippen LogP contribution in [0.25, 0.3) is 0 Å². The van der Waals surface area contributed by atoms with E-state index < -0.39 is 6.10 Å². The minimum Gasteiger partial charge on any atom is -0.493 e. The lowest BCUT2D eigenvalue weighted by Crippen LogP contribution is -2.37. The van der Waals surface area contributed by atoms with Gasteiger partial charge in [-0.1, -0.05) is 25.3 Å². The zero-order chi connectivity index (χ0) is 22.9. The summed E-state index contributed by atoms with van der Waals surface area (Å²) < 4.78 is 13.4. The van der Waals surface area contributed by atoms with Crippen LogP contribution in [0.2, 0.25) is 0 Å². The molecule has 32 heavy (non-hydrogen) atoms. The highest BCUT2D eigenvalue weighted by Crippen LogP contribution is 2.29. The molecule has 1 N–H and O–H groups in total. The summed E-state index contributed by atoms with van der Waals surface area (Å²) in [7, 11) is 5.70. The van der Waals surface area contributed by atoms with Crippen LogP contribution in [0.5, 0.6) is 11.5 Å². The molecule has 1 aliphatic heterocycles. The average molecular weight is 445 g/mol. The quantitative estimate of drug-likeness (QED) is 0.606. The Morgan fingerprint density at radius 3 is 2.47 bits per heavy atom. The van der Waals surface area contributed by atoms with E-state index in [1.165, 1.54) is 37.7 Å². The van der Waals surface area contributed by atoms with E-state index in [0.29, 0.717) is 18.0 Å². The molecule has 1 fully saturated rings. The fraction of sp³-hybridized carbons (Fsp3) is 0.640. The first-order valence-corrected chi connectivity index (χ1v) is 11.8. The normalized spacial score (nSPS) is 16.6. The van der Waals surface area contributed by atoms with Gasteiger partial charge in [-0.25, -0.2) is 0 Å². The number of benzene rings is 1. The number of aliphatic hydroxyl groups is 1. The molecule has 1 aromatic carbocycles. The zero-order valence-corrected chi connectivity index (χ0v) is 20.2. The molecule has 0 spiro atoms. The maximum absolute atomic E-state index is 10.6. The molecule has 0 unspecified atom stereocenters. The van der Waals surface area contributed by atoms with Crippen molar-refractivity contribution >= 4 is 0 Å². The number of likely N-dealkylation sites (tertiary alicyclic amines) is 1. The van der Waals surface area contributed by atoms with Crippen LogP contribution < -0.4 is 9.47 Å². The zero-order valence-electron chi connectivity index (χ0n) is 20.2. The number of ether oxygens (including phenoxy) is 2. The topological polar surface area (TPSA) is 63.0 Å². The van der Waals surface area contributed by atoms with Gasteiger partial charge < -0.3 is 19.5 Å². The molecule has 0 aliphatic carbocycles. The molecule has 0 saturated carbocycles. The van der Waals surface area contributed by atoms with Crippen LogP contribution >= 0.6 is 0 Å². The van der Waals surface area contributed by atoms with E-state index in [1.54, 1.807) is 7.11 Å². The number of aliphatic hydroxyl groups excluding tert-OH is 1. The molecular formula is C25H40N4O3. The third kappa shape index (κ3) is 7.50. The van der Waals surface area contributed by atoms with Crippen LogP contribution in [0.4, 0.5) is 0 Å². The Kier molecular flexibility index (Phi) is 9.38. The predicted molar refractivity (Wildman–Crippen MR) is 127 cm³/mol. The first-order valence-electron chi connectivity index (χ1n) is 11.8. The van der Waals surface area contributed by atoms with Crippen molar-refractivity contribution in [2.45, 2.75) is 58.2 Å². The lowest BCUT2D eigenvalue weighted by atomic mass is 10.1. The second-order valence-corrected chi connectivity index (χ2v) is 9.10. The van der Waals surface area contributed by atoms with E-state index in [-0.39, 0.29) is 6.61 Å². The summed E-state index contributed by atoms with van der Waals surface area (Å²) in [4.78, 5) is 4.63. The van der Waals surface area contributed by atoms with E-state index >= 15 is 0 Å². The summed E-state index contributed by atoms with van der Waals surface area (Å²) in [5, 5.41) is 15.0. The Hall–Kier alpha value is -2.09. The first-order chi connectivity index (χ1) is 15.4. The molecule has 7 nitrogen and oxygen atoms in total. The number of hydrogen-bond acceptors (Lipinski definition) is 6. The maximum Gasteiger partial charge on any atom is 0.161 e. The van der Waals surface area contributed by atoms with Crippen molar-refractivity contribution in [3.05, 3.63) is 41.2 Å². The van der Waals surface area contributed by atoms with Crippen LogP contribution in [0, 0.1) is 6.92 Å². The first kappa shape index (κ1) is 24.6. The van der Waals surface area contributed by atoms with E-state index in [9.17, 15) is 5.11 Å². The number of nitrogens with zero attached hydrogens (tertiary/aromatic N) is 4. The fourth-order valence-corrected chi connectivity index (χ4v) is 4.43. The summed E-state index contributed by atoms with van der Waals surface area (Å²) in [5.74, 6) is 1.38. The van der Waals surface area contributed by atoms with Gasteiger partial charge in [-0.15, -0.1) is 0 Å². The second-order valence-electron chi connectivity index (χ2n) is 9.10. The number of β-amino-alcohol motifs (C(OH)–C–C–N with tert-alkyl or cyclic N) is 1. The third-order valence-corrected chi connectivity index (χ3v) is 6.08. The Morgan fingerprint density at radius 2 is 1.81 bits per heavy atom. The second kappa shape index (κ2) is 12.2. The van der Waals surface area contributed by atoms with Crippen LogP contribution in [0.15, 0.2) is 24.4 Å². The molecule has 0 amide bonds. The van der Waals surface area contributed by atoms with E-state index in [4.69, 9.17) is 9.47 Å². The molecule has 1 aliphatic rings. The van der Waals surface area contributed by atoms with Gasteiger partial charge in [0.15, 0.2) is 11.5 Å². The van der Waals surface area contributed by atoms with Gasteiger partial charge in [0.05, 0.1) is 12.8 Å². The minimum absolute atomic E-state index is 0.265. The fourth-order valence-electron chi connectivity index (χ4n) is 4.43. The minimum atomic E-state index is -0.515. The molecule has 2 aromatic rings. The van der Waals surface area contributed by atoms with Crippen LogP contribution in [0.1, 0.15) is 48.9 Å². The highest BCUT2D eigenvalue weighted by atomic mass is 16.5. The number of aryl methyl sites for hydroxylation is 2. The highest BCUT2D eigenvalue weighted by Gasteiger charge is 2.16. The Bertz CT molecular complexity index is 831. The molecule has 0 bridgehead atoms. The predicted octanol–water partition coefficient (Wildman–Crippen LogP) is 3.37. The van der Waals surface area contributed by atoms with Crippen molar-refractivity contribution in [3.63, 3.8) is 0 Å². The molecule has 2 heterocycles. The Morgan fingerprint density at radius 1 is 1.09 bits per heavy atom. The number of rotatable bonds is 10. The summed E-state index contributed by atoms with van der Waals surface area (Å²) in [6.07, 6.45) is 7.92. The molecule has 3 rings (SSSR count). The van der Waals surface area contributed by atoms with Crippen molar-refractivity contribution in [2.75, 3.05) is 40.4 Å². The van der Waals surface area contributed by atoms with Gasteiger partial charge in [0.1, 0.15) is 12.7 Å². The molecule has 1 saturated heterocycles. The Balaban J connectivity index is 1.54. The molecule has 1 aromatic heterocycles. The van der Waals surface area contributed by atoms with Crippen LogP contribution in [-0.2, 0) is 20.1 Å². The smallest absolute Gasteiger partial charge is 0.161 e. The van der Waals surface area contributed by atoms with Crippen molar-refractivity contribution in [1.29, 1.82) is 0 Å². The van der Waals surface area contributed by atoms with Gasteiger partial charge in [0.25, 0.3) is 0 Å². The van der Waals surface area contributed by atoms with Gasteiger partial charge >= 0.3 is 0 Å². The summed E-state index contributed by atoms with van der Waals surface area (Å²) in [6.45, 7) is 6.72. The van der Waals surface area contributed by atoms with Crippen molar-refractivity contribution in [1.82, 2.24) is 19.6 Å².